The van der Waals surface area contributed by atoms with E-state index in [2.05, 4.69) is 24.6 Å². The molecule has 0 spiro atoms. The van der Waals surface area contributed by atoms with Crippen LogP contribution in [-0.2, 0) is 0 Å². The Morgan fingerprint density at radius 3 is 2.45 bits per heavy atom. The second-order valence-corrected chi connectivity index (χ2v) is 4.62. The van der Waals surface area contributed by atoms with Crippen molar-refractivity contribution in [2.45, 2.75) is 31.7 Å². The molecule has 2 fully saturated rings. The normalized spacial score (nSPS) is 27.5. The molecule has 0 aromatic heterocycles. The Morgan fingerprint density at radius 1 is 1.45 bits per heavy atom. The minimum Gasteiger partial charge on any atom is -0.303 e. The van der Waals surface area contributed by atoms with Crippen LogP contribution >= 0.6 is 12.6 Å². The highest BCUT2D eigenvalue weighted by atomic mass is 32.1. The fourth-order valence-electron chi connectivity index (χ4n) is 1.72. The molecular formula is C9H17NS. The first-order valence-electron chi connectivity index (χ1n) is 4.57. The van der Waals surface area contributed by atoms with Crippen LogP contribution in [0, 0.1) is 5.41 Å². The first-order valence-corrected chi connectivity index (χ1v) is 5.20. The Balaban J connectivity index is 1.79. The monoisotopic (exact) mass is 171 g/mol. The van der Waals surface area contributed by atoms with Crippen LogP contribution in [0.4, 0.5) is 0 Å². The first-order chi connectivity index (χ1) is 5.26. The van der Waals surface area contributed by atoms with E-state index in [1.165, 1.54) is 32.2 Å². The van der Waals surface area contributed by atoms with E-state index >= 15 is 0 Å². The number of rotatable bonds is 4. The van der Waals surface area contributed by atoms with E-state index in [1.54, 1.807) is 0 Å². The molecule has 1 nitrogen and oxygen atoms in total. The number of hydrogen-bond donors (Lipinski definition) is 1. The van der Waals surface area contributed by atoms with E-state index in [0.29, 0.717) is 5.41 Å². The van der Waals surface area contributed by atoms with Crippen molar-refractivity contribution in [3.63, 3.8) is 0 Å². The summed E-state index contributed by atoms with van der Waals surface area (Å²) in [4.78, 5) is 2.53. The van der Waals surface area contributed by atoms with E-state index in [0.717, 1.165) is 11.8 Å². The van der Waals surface area contributed by atoms with Crippen LogP contribution in [0.25, 0.3) is 0 Å². The lowest BCUT2D eigenvalue weighted by molar-refractivity contribution is 0.269. The maximum Gasteiger partial charge on any atom is 0.00936 e. The highest BCUT2D eigenvalue weighted by Gasteiger charge is 2.43. The SMILES string of the molecule is CN(CC1(CS)CC1)C1CC1. The molecule has 0 radical (unpaired) electrons. The van der Waals surface area contributed by atoms with Crippen LogP contribution in [0.1, 0.15) is 25.7 Å². The molecule has 0 amide bonds. The Bertz CT molecular complexity index is 150. The molecule has 2 rings (SSSR count). The Labute approximate surface area is 74.6 Å². The van der Waals surface area contributed by atoms with E-state index in [-0.39, 0.29) is 0 Å². The smallest absolute Gasteiger partial charge is 0.00936 e. The van der Waals surface area contributed by atoms with Crippen molar-refractivity contribution in [3.05, 3.63) is 0 Å². The van der Waals surface area contributed by atoms with Crippen molar-refractivity contribution >= 4 is 12.6 Å². The summed E-state index contributed by atoms with van der Waals surface area (Å²) in [5.74, 6) is 1.09. The maximum absolute atomic E-state index is 4.40. The lowest BCUT2D eigenvalue weighted by Crippen LogP contribution is -2.29. The molecule has 2 aliphatic rings. The van der Waals surface area contributed by atoms with Crippen LogP contribution in [-0.4, -0.2) is 30.3 Å². The average molecular weight is 171 g/mol. The Hall–Kier alpha value is 0.310. The van der Waals surface area contributed by atoms with Gasteiger partial charge in [-0.2, -0.15) is 12.6 Å². The van der Waals surface area contributed by atoms with Gasteiger partial charge in [0, 0.05) is 12.6 Å². The van der Waals surface area contributed by atoms with Crippen LogP contribution in [0.5, 0.6) is 0 Å². The van der Waals surface area contributed by atoms with Crippen molar-refractivity contribution in [3.8, 4) is 0 Å². The molecule has 2 saturated carbocycles. The number of thiol groups is 1. The van der Waals surface area contributed by atoms with Gasteiger partial charge in [0.05, 0.1) is 0 Å². The van der Waals surface area contributed by atoms with Crippen molar-refractivity contribution in [2.24, 2.45) is 5.41 Å². The summed E-state index contributed by atoms with van der Waals surface area (Å²) in [7, 11) is 2.27. The molecule has 0 aliphatic heterocycles. The van der Waals surface area contributed by atoms with Crippen LogP contribution in [0.15, 0.2) is 0 Å². The number of hydrogen-bond acceptors (Lipinski definition) is 2. The van der Waals surface area contributed by atoms with Gasteiger partial charge in [0.15, 0.2) is 0 Å². The molecule has 2 aliphatic carbocycles. The van der Waals surface area contributed by atoms with Crippen molar-refractivity contribution in [1.29, 1.82) is 0 Å². The summed E-state index contributed by atoms with van der Waals surface area (Å²) < 4.78 is 0. The van der Waals surface area contributed by atoms with E-state index in [4.69, 9.17) is 0 Å². The van der Waals surface area contributed by atoms with Gasteiger partial charge in [-0.3, -0.25) is 0 Å². The van der Waals surface area contributed by atoms with Gasteiger partial charge in [0.2, 0.25) is 0 Å². The second-order valence-electron chi connectivity index (χ2n) is 4.30. The molecule has 0 aromatic rings. The summed E-state index contributed by atoms with van der Waals surface area (Å²) in [5.41, 5.74) is 0.625. The molecular weight excluding hydrogens is 154 g/mol. The summed E-state index contributed by atoms with van der Waals surface area (Å²) in [6.07, 6.45) is 5.68. The predicted molar refractivity (Wildman–Crippen MR) is 51.2 cm³/mol. The topological polar surface area (TPSA) is 3.24 Å². The second kappa shape index (κ2) is 2.67. The summed E-state index contributed by atoms with van der Waals surface area (Å²) in [6, 6.07) is 0.923. The highest BCUT2D eigenvalue weighted by Crippen LogP contribution is 2.48. The van der Waals surface area contributed by atoms with E-state index in [1.807, 2.05) is 0 Å². The molecule has 0 saturated heterocycles. The molecule has 0 N–H and O–H groups in total. The van der Waals surface area contributed by atoms with Crippen LogP contribution in [0.3, 0.4) is 0 Å². The predicted octanol–water partition coefficient (Wildman–Crippen LogP) is 1.79. The molecule has 0 bridgehead atoms. The van der Waals surface area contributed by atoms with Gasteiger partial charge >= 0.3 is 0 Å². The fourth-order valence-corrected chi connectivity index (χ4v) is 2.13. The highest BCUT2D eigenvalue weighted by molar-refractivity contribution is 7.80. The molecule has 2 heteroatoms. The maximum atomic E-state index is 4.40. The minimum atomic E-state index is 0.625. The van der Waals surface area contributed by atoms with Crippen molar-refractivity contribution < 1.29 is 0 Å². The van der Waals surface area contributed by atoms with Crippen molar-refractivity contribution in [1.82, 2.24) is 4.90 Å². The van der Waals surface area contributed by atoms with Crippen LogP contribution < -0.4 is 0 Å². The molecule has 11 heavy (non-hydrogen) atoms. The third kappa shape index (κ3) is 1.73. The molecule has 0 atom stereocenters. The fraction of sp³-hybridized carbons (Fsp3) is 1.00. The Morgan fingerprint density at radius 2 is 2.09 bits per heavy atom. The lowest BCUT2D eigenvalue weighted by atomic mass is 10.1. The van der Waals surface area contributed by atoms with Gasteiger partial charge in [-0.25, -0.2) is 0 Å². The third-order valence-corrected chi connectivity index (χ3v) is 3.72. The Kier molecular flexibility index (Phi) is 1.92. The minimum absolute atomic E-state index is 0.625. The molecule has 0 heterocycles. The molecule has 0 unspecified atom stereocenters. The van der Waals surface area contributed by atoms with E-state index in [9.17, 15) is 0 Å². The summed E-state index contributed by atoms with van der Waals surface area (Å²) >= 11 is 4.40. The van der Waals surface area contributed by atoms with E-state index < -0.39 is 0 Å². The summed E-state index contributed by atoms with van der Waals surface area (Å²) in [5, 5.41) is 0. The zero-order valence-corrected chi connectivity index (χ0v) is 8.11. The molecule has 64 valence electrons. The average Bonchev–Trinajstić information content (AvgIpc) is 2.85. The number of nitrogens with zero attached hydrogens (tertiary/aromatic N) is 1. The zero-order valence-electron chi connectivity index (χ0n) is 7.21. The first kappa shape index (κ1) is 7.93. The third-order valence-electron chi connectivity index (χ3n) is 3.05. The van der Waals surface area contributed by atoms with Gasteiger partial charge in [-0.1, -0.05) is 0 Å². The largest absolute Gasteiger partial charge is 0.303 e. The van der Waals surface area contributed by atoms with Gasteiger partial charge in [-0.15, -0.1) is 0 Å². The van der Waals surface area contributed by atoms with Gasteiger partial charge in [0.25, 0.3) is 0 Å². The van der Waals surface area contributed by atoms with Gasteiger partial charge in [0.1, 0.15) is 0 Å². The lowest BCUT2D eigenvalue weighted by Gasteiger charge is -2.21. The summed E-state index contributed by atoms with van der Waals surface area (Å²) in [6.45, 7) is 1.29. The van der Waals surface area contributed by atoms with Gasteiger partial charge < -0.3 is 4.90 Å². The van der Waals surface area contributed by atoms with Crippen LogP contribution in [0.2, 0.25) is 0 Å². The van der Waals surface area contributed by atoms with Gasteiger partial charge in [-0.05, 0) is 43.9 Å². The quantitative estimate of drug-likeness (QED) is 0.631. The van der Waals surface area contributed by atoms with Crippen molar-refractivity contribution in [2.75, 3.05) is 19.3 Å². The standard InChI is InChI=1S/C9H17NS/c1-10(8-2-3-8)6-9(7-11)4-5-9/h8,11H,2-7H2,1H3. The molecule has 0 aromatic carbocycles. The zero-order chi connectivity index (χ0) is 7.90.